The minimum atomic E-state index is -0.722. The maximum atomic E-state index is 13.2. The molecule has 2 aliphatic heterocycles. The van der Waals surface area contributed by atoms with E-state index in [9.17, 15) is 4.79 Å². The van der Waals surface area contributed by atoms with Gasteiger partial charge in [-0.1, -0.05) is 36.4 Å². The fourth-order valence-corrected chi connectivity index (χ4v) is 5.38. The summed E-state index contributed by atoms with van der Waals surface area (Å²) < 4.78 is 0. The largest absolute Gasteiger partial charge is 0.341 e. The average Bonchev–Trinajstić information content (AvgIpc) is 3.36. The lowest BCUT2D eigenvalue weighted by molar-refractivity contribution is -0.130. The Hall–Kier alpha value is -3.04. The molecule has 3 atom stereocenters. The number of likely N-dealkylation sites (tertiary alicyclic amines) is 2. The quantitative estimate of drug-likeness (QED) is 0.623. The lowest BCUT2D eigenvalue weighted by atomic mass is 9.84. The molecule has 2 N–H and O–H groups in total. The van der Waals surface area contributed by atoms with Gasteiger partial charge in [-0.15, -0.1) is 0 Å². The van der Waals surface area contributed by atoms with Crippen LogP contribution < -0.4 is 0 Å². The number of rotatable bonds is 7. The molecule has 1 aromatic rings. The molecular formula is C27H33N5O. The van der Waals surface area contributed by atoms with E-state index in [0.717, 1.165) is 58.4 Å². The summed E-state index contributed by atoms with van der Waals surface area (Å²) in [7, 11) is 0. The zero-order valence-electron chi connectivity index (χ0n) is 19.1. The normalized spacial score (nSPS) is 24.4. The van der Waals surface area contributed by atoms with Crippen molar-refractivity contribution in [3.8, 4) is 6.07 Å². The highest BCUT2D eigenvalue weighted by molar-refractivity contribution is 6.14. The summed E-state index contributed by atoms with van der Waals surface area (Å²) in [4.78, 5) is 17.5. The third-order valence-corrected chi connectivity index (χ3v) is 7.44. The van der Waals surface area contributed by atoms with Gasteiger partial charge in [0.15, 0.2) is 0 Å². The van der Waals surface area contributed by atoms with Crippen LogP contribution in [0, 0.1) is 45.8 Å². The topological polar surface area (TPSA) is 95.0 Å². The molecule has 0 bridgehead atoms. The second-order valence-electron chi connectivity index (χ2n) is 9.50. The SMILES string of the molecule is N#Cc1ccc(CN2CCC(C(=N)C(C=N)C(=O)N3CCC(C4C=CC=CC4)C3)CC2)cc1. The first-order chi connectivity index (χ1) is 16.1. The molecule has 33 heavy (non-hydrogen) atoms. The molecule has 2 fully saturated rings. The lowest BCUT2D eigenvalue weighted by Gasteiger charge is -2.34. The fraction of sp³-hybridized carbons (Fsp3) is 0.481. The van der Waals surface area contributed by atoms with Crippen LogP contribution in [0.5, 0.6) is 0 Å². The third-order valence-electron chi connectivity index (χ3n) is 7.44. The Bertz CT molecular complexity index is 965. The summed E-state index contributed by atoms with van der Waals surface area (Å²) in [5.41, 5.74) is 2.27. The van der Waals surface area contributed by atoms with Crippen molar-refractivity contribution in [1.82, 2.24) is 9.80 Å². The van der Waals surface area contributed by atoms with Crippen molar-refractivity contribution in [1.29, 1.82) is 16.1 Å². The van der Waals surface area contributed by atoms with Crippen molar-refractivity contribution in [3.63, 3.8) is 0 Å². The maximum absolute atomic E-state index is 13.2. The Balaban J connectivity index is 1.28. The standard InChI is InChI=1S/C27H33N5O/c28-16-20-6-8-21(9-7-20)18-31-13-10-23(11-14-31)26(30)25(17-29)27(33)32-15-12-24(19-32)22-4-2-1-3-5-22/h1-4,6-9,17,22-25,29-30H,5,10-15,18-19H2. The highest BCUT2D eigenvalue weighted by Gasteiger charge is 2.36. The summed E-state index contributed by atoms with van der Waals surface area (Å²) in [6.07, 6.45) is 13.5. The Kier molecular flexibility index (Phi) is 7.51. The summed E-state index contributed by atoms with van der Waals surface area (Å²) in [6.45, 7) is 4.05. The van der Waals surface area contributed by atoms with Gasteiger partial charge >= 0.3 is 0 Å². The van der Waals surface area contributed by atoms with Crippen LogP contribution in [0.1, 0.15) is 36.8 Å². The summed E-state index contributed by atoms with van der Waals surface area (Å²) >= 11 is 0. The van der Waals surface area contributed by atoms with Crippen LogP contribution >= 0.6 is 0 Å². The Labute approximate surface area is 196 Å². The summed E-state index contributed by atoms with van der Waals surface area (Å²) in [5.74, 6) is 0.239. The lowest BCUT2D eigenvalue weighted by Crippen LogP contribution is -2.43. The zero-order chi connectivity index (χ0) is 23.2. The summed E-state index contributed by atoms with van der Waals surface area (Å²) in [6, 6.07) is 9.85. The van der Waals surface area contributed by atoms with Crippen molar-refractivity contribution in [2.75, 3.05) is 26.2 Å². The van der Waals surface area contributed by atoms with Crippen molar-refractivity contribution in [2.24, 2.45) is 23.7 Å². The molecule has 2 saturated heterocycles. The molecule has 3 unspecified atom stereocenters. The van der Waals surface area contributed by atoms with Crippen LogP contribution in [-0.4, -0.2) is 53.8 Å². The highest BCUT2D eigenvalue weighted by atomic mass is 16.2. The number of amides is 1. The van der Waals surface area contributed by atoms with Crippen molar-refractivity contribution in [2.45, 2.75) is 32.2 Å². The monoisotopic (exact) mass is 443 g/mol. The smallest absolute Gasteiger partial charge is 0.236 e. The fourth-order valence-electron chi connectivity index (χ4n) is 5.38. The van der Waals surface area contributed by atoms with Gasteiger partial charge in [0.1, 0.15) is 5.92 Å². The Morgan fingerprint density at radius 2 is 1.91 bits per heavy atom. The van der Waals surface area contributed by atoms with E-state index in [0.29, 0.717) is 23.1 Å². The van der Waals surface area contributed by atoms with E-state index in [4.69, 9.17) is 16.1 Å². The summed E-state index contributed by atoms with van der Waals surface area (Å²) in [5, 5.41) is 25.6. The van der Waals surface area contributed by atoms with Crippen molar-refractivity contribution >= 4 is 17.8 Å². The van der Waals surface area contributed by atoms with Crippen LogP contribution in [0.2, 0.25) is 0 Å². The van der Waals surface area contributed by atoms with Crippen LogP contribution in [0.3, 0.4) is 0 Å². The molecule has 1 aromatic carbocycles. The van der Waals surface area contributed by atoms with Gasteiger partial charge in [-0.05, 0) is 68.3 Å². The van der Waals surface area contributed by atoms with Crippen LogP contribution in [0.15, 0.2) is 48.6 Å². The number of allylic oxidation sites excluding steroid dienone is 4. The maximum Gasteiger partial charge on any atom is 0.236 e. The van der Waals surface area contributed by atoms with E-state index in [2.05, 4.69) is 35.3 Å². The first-order valence-electron chi connectivity index (χ1n) is 12.0. The molecule has 0 aromatic heterocycles. The number of benzene rings is 1. The number of carbonyl (C=O) groups is 1. The third kappa shape index (κ3) is 5.48. The van der Waals surface area contributed by atoms with Gasteiger partial charge < -0.3 is 15.7 Å². The molecule has 0 saturated carbocycles. The van der Waals surface area contributed by atoms with E-state index in [1.165, 1.54) is 11.8 Å². The van der Waals surface area contributed by atoms with E-state index < -0.39 is 5.92 Å². The van der Waals surface area contributed by atoms with Crippen molar-refractivity contribution in [3.05, 3.63) is 59.7 Å². The van der Waals surface area contributed by atoms with Gasteiger partial charge in [-0.3, -0.25) is 9.69 Å². The second-order valence-corrected chi connectivity index (χ2v) is 9.50. The van der Waals surface area contributed by atoms with E-state index in [1.807, 2.05) is 29.2 Å². The average molecular weight is 444 g/mol. The van der Waals surface area contributed by atoms with Gasteiger partial charge in [-0.2, -0.15) is 5.26 Å². The number of hydrogen-bond donors (Lipinski definition) is 2. The Morgan fingerprint density at radius 1 is 1.15 bits per heavy atom. The number of hydrogen-bond acceptors (Lipinski definition) is 5. The zero-order valence-corrected chi connectivity index (χ0v) is 19.1. The minimum absolute atomic E-state index is 0.0579. The van der Waals surface area contributed by atoms with E-state index in [-0.39, 0.29) is 11.8 Å². The molecule has 0 spiro atoms. The van der Waals surface area contributed by atoms with Crippen LogP contribution in [0.4, 0.5) is 0 Å². The van der Waals surface area contributed by atoms with Gasteiger partial charge in [0, 0.05) is 37.5 Å². The van der Waals surface area contributed by atoms with Crippen LogP contribution in [0.25, 0.3) is 0 Å². The molecule has 172 valence electrons. The predicted molar refractivity (Wildman–Crippen MR) is 130 cm³/mol. The minimum Gasteiger partial charge on any atom is -0.341 e. The number of nitriles is 1. The van der Waals surface area contributed by atoms with Gasteiger partial charge in [0.2, 0.25) is 5.91 Å². The highest BCUT2D eigenvalue weighted by Crippen LogP contribution is 2.31. The number of piperidine rings is 1. The molecule has 0 radical (unpaired) electrons. The second kappa shape index (κ2) is 10.7. The number of carbonyl (C=O) groups excluding carboxylic acids is 1. The van der Waals surface area contributed by atoms with Gasteiger partial charge in [0.05, 0.1) is 11.6 Å². The van der Waals surface area contributed by atoms with Gasteiger partial charge in [0.25, 0.3) is 0 Å². The first kappa shape index (κ1) is 23.1. The molecule has 1 amide bonds. The van der Waals surface area contributed by atoms with Gasteiger partial charge in [-0.25, -0.2) is 0 Å². The molecule has 3 aliphatic rings. The first-order valence-corrected chi connectivity index (χ1v) is 12.0. The molecule has 6 heteroatoms. The number of nitrogens with zero attached hydrogens (tertiary/aromatic N) is 3. The molecule has 2 heterocycles. The molecule has 1 aliphatic carbocycles. The van der Waals surface area contributed by atoms with Crippen LogP contribution in [-0.2, 0) is 11.3 Å². The number of nitrogens with one attached hydrogen (secondary N) is 2. The molecule has 4 rings (SSSR count). The predicted octanol–water partition coefficient (Wildman–Crippen LogP) is 4.04. The molecular weight excluding hydrogens is 410 g/mol. The Morgan fingerprint density at radius 3 is 2.55 bits per heavy atom. The van der Waals surface area contributed by atoms with E-state index >= 15 is 0 Å². The van der Waals surface area contributed by atoms with Crippen molar-refractivity contribution < 1.29 is 4.79 Å². The van der Waals surface area contributed by atoms with E-state index in [1.54, 1.807) is 0 Å². The molecule has 6 nitrogen and oxygen atoms in total.